The van der Waals surface area contributed by atoms with Crippen molar-refractivity contribution in [2.24, 2.45) is 0 Å². The lowest BCUT2D eigenvalue weighted by Crippen LogP contribution is -2.58. The fourth-order valence-corrected chi connectivity index (χ4v) is 5.58. The molecule has 0 fully saturated rings. The quantitative estimate of drug-likeness (QED) is 0.297. The summed E-state index contributed by atoms with van der Waals surface area (Å²) in [6.07, 6.45) is 3.88. The Morgan fingerprint density at radius 1 is 1.09 bits per heavy atom. The molecule has 5 rings (SSSR count). The van der Waals surface area contributed by atoms with Gasteiger partial charge in [0.15, 0.2) is 0 Å². The zero-order valence-electron chi connectivity index (χ0n) is 18.8. The molecular formula is C26H23BrN2O4. The molecule has 0 radical (unpaired) electrons. The number of nitro groups is 1. The monoisotopic (exact) mass is 506 g/mol. The molecule has 6 nitrogen and oxygen atoms in total. The van der Waals surface area contributed by atoms with E-state index in [1.807, 2.05) is 37.4 Å². The molecule has 1 atom stereocenters. The van der Waals surface area contributed by atoms with E-state index in [0.717, 1.165) is 22.4 Å². The molecule has 3 aromatic carbocycles. The van der Waals surface area contributed by atoms with Crippen molar-refractivity contribution >= 4 is 33.4 Å². The van der Waals surface area contributed by atoms with Crippen LogP contribution in [0.15, 0.2) is 65.1 Å². The number of hydrogen-bond acceptors (Lipinski definition) is 5. The summed E-state index contributed by atoms with van der Waals surface area (Å²) in [5.74, 6) is 0.616. The van der Waals surface area contributed by atoms with E-state index in [1.165, 1.54) is 13.2 Å². The van der Waals surface area contributed by atoms with Crippen molar-refractivity contribution in [2.45, 2.75) is 25.0 Å². The lowest BCUT2D eigenvalue weighted by molar-refractivity contribution is -0.386. The summed E-state index contributed by atoms with van der Waals surface area (Å²) in [6, 6.07) is 18.0. The van der Waals surface area contributed by atoms with Crippen LogP contribution in [0.25, 0.3) is 17.2 Å². The summed E-state index contributed by atoms with van der Waals surface area (Å²) in [7, 11) is 3.45. The van der Waals surface area contributed by atoms with Gasteiger partial charge in [-0.05, 0) is 70.8 Å². The molecule has 0 saturated carbocycles. The van der Waals surface area contributed by atoms with Crippen LogP contribution in [0.5, 0.6) is 11.5 Å². The minimum Gasteiger partial charge on any atom is -0.495 e. The van der Waals surface area contributed by atoms with Crippen molar-refractivity contribution in [3.8, 4) is 22.6 Å². The van der Waals surface area contributed by atoms with Crippen molar-refractivity contribution in [3.63, 3.8) is 0 Å². The molecule has 0 bridgehead atoms. The van der Waals surface area contributed by atoms with Crippen LogP contribution in [-0.2, 0) is 5.41 Å². The third-order valence-electron chi connectivity index (χ3n) is 6.88. The highest BCUT2D eigenvalue weighted by Gasteiger charge is 2.58. The lowest BCUT2D eigenvalue weighted by atomic mass is 9.75. The summed E-state index contributed by atoms with van der Waals surface area (Å²) < 4.78 is 12.6. The first-order valence-electron chi connectivity index (χ1n) is 10.6. The molecule has 2 heterocycles. The van der Waals surface area contributed by atoms with Crippen molar-refractivity contribution in [2.75, 3.05) is 19.1 Å². The zero-order chi connectivity index (χ0) is 23.5. The Labute approximate surface area is 200 Å². The van der Waals surface area contributed by atoms with Gasteiger partial charge in [0.25, 0.3) is 0 Å². The molecule has 2 aliphatic rings. The van der Waals surface area contributed by atoms with Gasteiger partial charge < -0.3 is 14.4 Å². The maximum absolute atomic E-state index is 11.9. The largest absolute Gasteiger partial charge is 0.495 e. The number of nitrogens with zero attached hydrogens (tertiary/aromatic N) is 2. The van der Waals surface area contributed by atoms with Gasteiger partial charge in [0.2, 0.25) is 11.5 Å². The first-order chi connectivity index (χ1) is 15.7. The Morgan fingerprint density at radius 2 is 1.82 bits per heavy atom. The molecule has 0 aromatic heterocycles. The maximum atomic E-state index is 11.9. The third kappa shape index (κ3) is 2.92. The number of anilines is 1. The molecule has 0 saturated heterocycles. The van der Waals surface area contributed by atoms with E-state index >= 15 is 0 Å². The number of rotatable bonds is 3. The molecule has 0 amide bonds. The minimum atomic E-state index is -0.934. The topological polar surface area (TPSA) is 64.8 Å². The molecule has 0 N–H and O–H groups in total. The summed E-state index contributed by atoms with van der Waals surface area (Å²) >= 11 is 3.52. The molecule has 168 valence electrons. The second kappa shape index (κ2) is 7.35. The van der Waals surface area contributed by atoms with Crippen LogP contribution in [-0.4, -0.2) is 24.8 Å². The average molecular weight is 507 g/mol. The van der Waals surface area contributed by atoms with Crippen LogP contribution >= 0.6 is 15.9 Å². The smallest absolute Gasteiger partial charge is 0.315 e. The normalized spacial score (nSPS) is 19.7. The number of fused-ring (bicyclic) bond motifs is 2. The van der Waals surface area contributed by atoms with Crippen LogP contribution in [0.2, 0.25) is 0 Å². The van der Waals surface area contributed by atoms with Crippen molar-refractivity contribution in [1.82, 2.24) is 0 Å². The van der Waals surface area contributed by atoms with Gasteiger partial charge in [-0.1, -0.05) is 36.4 Å². The summed E-state index contributed by atoms with van der Waals surface area (Å²) in [5, 5.41) is 11.9. The van der Waals surface area contributed by atoms with Crippen molar-refractivity contribution in [1.29, 1.82) is 0 Å². The molecule has 7 heteroatoms. The van der Waals surface area contributed by atoms with Gasteiger partial charge in [0.1, 0.15) is 5.75 Å². The summed E-state index contributed by atoms with van der Waals surface area (Å²) in [5.41, 5.74) is 3.43. The standard InChI is InChI=1S/C26H23BrN2O4/c1-25(2)19-14-17(16-8-6-5-7-9-16)10-11-20(19)28(3)26(25)13-12-18-23(27)22(32-4)15-21(29(30)31)24(18)33-26/h5-15H,1-4H3. The maximum Gasteiger partial charge on any atom is 0.315 e. The number of nitro benzene ring substituents is 1. The van der Waals surface area contributed by atoms with Gasteiger partial charge >= 0.3 is 5.69 Å². The first kappa shape index (κ1) is 21.5. The molecule has 1 unspecified atom stereocenters. The van der Waals surface area contributed by atoms with Gasteiger partial charge in [-0.3, -0.25) is 10.1 Å². The van der Waals surface area contributed by atoms with Gasteiger partial charge in [0.05, 0.1) is 28.0 Å². The number of methoxy groups -OCH3 is 1. The highest BCUT2D eigenvalue weighted by atomic mass is 79.9. The molecular weight excluding hydrogens is 484 g/mol. The average Bonchev–Trinajstić information content (AvgIpc) is 2.97. The molecule has 3 aromatic rings. The summed E-state index contributed by atoms with van der Waals surface area (Å²) in [6.45, 7) is 4.23. The fourth-order valence-electron chi connectivity index (χ4n) is 5.00. The fraction of sp³-hybridized carbons (Fsp3) is 0.231. The predicted molar refractivity (Wildman–Crippen MR) is 133 cm³/mol. The van der Waals surface area contributed by atoms with Gasteiger partial charge in [-0.2, -0.15) is 0 Å². The first-order valence-corrected chi connectivity index (χ1v) is 11.4. The van der Waals surface area contributed by atoms with Gasteiger partial charge in [0, 0.05) is 18.3 Å². The number of likely N-dealkylation sites (N-methyl/N-ethyl adjacent to an activating group) is 1. The Balaban J connectivity index is 1.67. The van der Waals surface area contributed by atoms with E-state index in [1.54, 1.807) is 0 Å². The number of hydrogen-bond donors (Lipinski definition) is 0. The third-order valence-corrected chi connectivity index (χ3v) is 7.70. The van der Waals surface area contributed by atoms with Crippen LogP contribution in [0.4, 0.5) is 11.4 Å². The highest BCUT2D eigenvalue weighted by Crippen LogP contribution is 2.57. The van der Waals surface area contributed by atoms with Crippen LogP contribution < -0.4 is 14.4 Å². The van der Waals surface area contributed by atoms with E-state index in [4.69, 9.17) is 9.47 Å². The number of ether oxygens (including phenoxy) is 2. The SMILES string of the molecule is COc1cc([N+](=O)[O-])c2c(c1Br)C=CC1(O2)N(C)c2ccc(-c3ccccc3)cc2C1(C)C. The summed E-state index contributed by atoms with van der Waals surface area (Å²) in [4.78, 5) is 13.6. The predicted octanol–water partition coefficient (Wildman–Crippen LogP) is 6.56. The molecule has 0 aliphatic carbocycles. The highest BCUT2D eigenvalue weighted by molar-refractivity contribution is 9.10. The van der Waals surface area contributed by atoms with E-state index in [-0.39, 0.29) is 11.4 Å². The van der Waals surface area contributed by atoms with E-state index in [2.05, 4.69) is 65.0 Å². The van der Waals surface area contributed by atoms with Crippen molar-refractivity contribution < 1.29 is 14.4 Å². The molecule has 33 heavy (non-hydrogen) atoms. The zero-order valence-corrected chi connectivity index (χ0v) is 20.3. The number of halogens is 1. The van der Waals surface area contributed by atoms with Crippen LogP contribution in [0.3, 0.4) is 0 Å². The Kier molecular flexibility index (Phi) is 4.79. The van der Waals surface area contributed by atoms with Gasteiger partial charge in [-0.25, -0.2) is 0 Å². The Bertz CT molecular complexity index is 1320. The second-order valence-corrected chi connectivity index (χ2v) is 9.62. The Morgan fingerprint density at radius 3 is 2.48 bits per heavy atom. The number of benzene rings is 3. The Hall–Kier alpha value is -3.32. The van der Waals surface area contributed by atoms with Crippen LogP contribution in [0, 0.1) is 10.1 Å². The second-order valence-electron chi connectivity index (χ2n) is 8.83. The van der Waals surface area contributed by atoms with E-state index in [9.17, 15) is 10.1 Å². The van der Waals surface area contributed by atoms with Crippen LogP contribution in [0.1, 0.15) is 25.0 Å². The van der Waals surface area contributed by atoms with Gasteiger partial charge in [-0.15, -0.1) is 0 Å². The van der Waals surface area contributed by atoms with E-state index in [0.29, 0.717) is 15.8 Å². The van der Waals surface area contributed by atoms with Crippen molar-refractivity contribution in [3.05, 3.63) is 86.4 Å². The molecule has 1 spiro atoms. The van der Waals surface area contributed by atoms with E-state index < -0.39 is 16.1 Å². The molecule has 2 aliphatic heterocycles. The lowest BCUT2D eigenvalue weighted by Gasteiger charge is -2.45. The minimum absolute atomic E-state index is 0.126.